The van der Waals surface area contributed by atoms with E-state index in [1.807, 2.05) is 4.72 Å². The van der Waals surface area contributed by atoms with Crippen LogP contribution >= 0.6 is 11.6 Å². The van der Waals surface area contributed by atoms with Crippen molar-refractivity contribution in [3.05, 3.63) is 41.6 Å². The first-order chi connectivity index (χ1) is 8.92. The highest BCUT2D eigenvalue weighted by Gasteiger charge is 2.27. The van der Waals surface area contributed by atoms with E-state index in [4.69, 9.17) is 11.6 Å². The molecule has 19 heavy (non-hydrogen) atoms. The van der Waals surface area contributed by atoms with Crippen molar-refractivity contribution in [1.82, 2.24) is 15.2 Å². The molecule has 1 atom stereocenters. The highest BCUT2D eigenvalue weighted by molar-refractivity contribution is 7.90. The summed E-state index contributed by atoms with van der Waals surface area (Å²) in [6.07, 6.45) is 3.29. The summed E-state index contributed by atoms with van der Waals surface area (Å²) in [5.41, 5.74) is 2.64. The molecule has 0 radical (unpaired) electrons. The Kier molecular flexibility index (Phi) is 3.68. The van der Waals surface area contributed by atoms with Crippen LogP contribution in [-0.2, 0) is 10.0 Å². The molecular formula is C11H12ClN3O3S. The fourth-order valence-corrected chi connectivity index (χ4v) is 3.05. The Labute approximate surface area is 116 Å². The van der Waals surface area contributed by atoms with Gasteiger partial charge in [0.25, 0.3) is 10.0 Å². The van der Waals surface area contributed by atoms with Crippen molar-refractivity contribution >= 4 is 27.7 Å². The van der Waals surface area contributed by atoms with Gasteiger partial charge in [-0.3, -0.25) is 0 Å². The second-order valence-electron chi connectivity index (χ2n) is 3.94. The Morgan fingerprint density at radius 1 is 1.42 bits per heavy atom. The zero-order valence-corrected chi connectivity index (χ0v) is 11.6. The first-order valence-corrected chi connectivity index (χ1v) is 7.31. The molecule has 0 fully saturated rings. The fourth-order valence-electron chi connectivity index (χ4n) is 1.59. The lowest BCUT2D eigenvalue weighted by molar-refractivity contribution is 0.184. The van der Waals surface area contributed by atoms with Crippen molar-refractivity contribution in [3.8, 4) is 0 Å². The second-order valence-corrected chi connectivity index (χ2v) is 6.00. The second kappa shape index (κ2) is 5.10. The van der Waals surface area contributed by atoms with Gasteiger partial charge in [-0.05, 0) is 25.1 Å². The summed E-state index contributed by atoms with van der Waals surface area (Å²) >= 11 is 5.81. The van der Waals surface area contributed by atoms with Gasteiger partial charge in [0.1, 0.15) is 4.90 Å². The SMILES string of the molecule is CC1C=CNN1C(=O)NS(=O)(=O)c1ccccc1Cl. The molecule has 1 aliphatic heterocycles. The van der Waals surface area contributed by atoms with Crippen LogP contribution in [0.5, 0.6) is 0 Å². The molecule has 102 valence electrons. The van der Waals surface area contributed by atoms with Gasteiger partial charge in [-0.15, -0.1) is 0 Å². The molecule has 1 aliphatic rings. The quantitative estimate of drug-likeness (QED) is 0.867. The average Bonchev–Trinajstić information content (AvgIpc) is 2.75. The van der Waals surface area contributed by atoms with Crippen molar-refractivity contribution in [2.75, 3.05) is 0 Å². The molecule has 8 heteroatoms. The number of hydrazine groups is 1. The van der Waals surface area contributed by atoms with E-state index in [-0.39, 0.29) is 16.0 Å². The number of urea groups is 1. The summed E-state index contributed by atoms with van der Waals surface area (Å²) < 4.78 is 26.0. The number of benzene rings is 1. The first kappa shape index (κ1) is 13.7. The largest absolute Gasteiger partial charge is 0.350 e. The minimum Gasteiger partial charge on any atom is -0.302 e. The lowest BCUT2D eigenvalue weighted by Crippen LogP contribution is -2.49. The van der Waals surface area contributed by atoms with Crippen LogP contribution in [-0.4, -0.2) is 25.5 Å². The normalized spacial score (nSPS) is 18.2. The van der Waals surface area contributed by atoms with E-state index >= 15 is 0 Å². The Hall–Kier alpha value is -1.73. The molecule has 0 saturated heterocycles. The van der Waals surface area contributed by atoms with E-state index in [0.29, 0.717) is 0 Å². The minimum absolute atomic E-state index is 0.0587. The van der Waals surface area contributed by atoms with Gasteiger partial charge < -0.3 is 5.43 Å². The molecule has 0 bridgehead atoms. The lowest BCUT2D eigenvalue weighted by Gasteiger charge is -2.21. The van der Waals surface area contributed by atoms with E-state index in [2.05, 4.69) is 5.43 Å². The Bertz CT molecular complexity index is 630. The third kappa shape index (κ3) is 2.82. The zero-order valence-electron chi connectivity index (χ0n) is 10.00. The van der Waals surface area contributed by atoms with Crippen LogP contribution in [0.2, 0.25) is 5.02 Å². The minimum atomic E-state index is -3.99. The fraction of sp³-hybridized carbons (Fsp3) is 0.182. The van der Waals surface area contributed by atoms with Crippen LogP contribution in [0.25, 0.3) is 0 Å². The molecule has 2 N–H and O–H groups in total. The van der Waals surface area contributed by atoms with Crippen LogP contribution in [0.1, 0.15) is 6.92 Å². The summed E-state index contributed by atoms with van der Waals surface area (Å²) in [5.74, 6) is 0. The summed E-state index contributed by atoms with van der Waals surface area (Å²) in [5, 5.41) is 1.22. The number of carbonyl (C=O) groups excluding carboxylic acids is 1. The summed E-state index contributed by atoms with van der Waals surface area (Å²) in [4.78, 5) is 11.7. The van der Waals surface area contributed by atoms with Crippen molar-refractivity contribution in [1.29, 1.82) is 0 Å². The molecule has 1 unspecified atom stereocenters. The standard InChI is InChI=1S/C11H12ClN3O3S/c1-8-6-7-13-15(8)11(16)14-19(17,18)10-5-3-2-4-9(10)12/h2-8,13H,1H3,(H,14,16). The highest BCUT2D eigenvalue weighted by Crippen LogP contribution is 2.20. The number of rotatable bonds is 2. The Morgan fingerprint density at radius 2 is 2.11 bits per heavy atom. The van der Waals surface area contributed by atoms with Crippen LogP contribution in [0, 0.1) is 0 Å². The molecule has 1 heterocycles. The highest BCUT2D eigenvalue weighted by atomic mass is 35.5. The molecule has 0 saturated carbocycles. The van der Waals surface area contributed by atoms with Gasteiger partial charge in [-0.25, -0.2) is 22.9 Å². The predicted molar refractivity (Wildman–Crippen MR) is 70.7 cm³/mol. The lowest BCUT2D eigenvalue weighted by atomic mass is 10.3. The smallest absolute Gasteiger partial charge is 0.302 e. The van der Waals surface area contributed by atoms with Crippen LogP contribution in [0.3, 0.4) is 0 Å². The van der Waals surface area contributed by atoms with Crippen molar-refractivity contribution in [3.63, 3.8) is 0 Å². The maximum absolute atomic E-state index is 12.0. The molecule has 0 aliphatic carbocycles. The number of amides is 2. The van der Waals surface area contributed by atoms with E-state index in [0.717, 1.165) is 5.01 Å². The Balaban J connectivity index is 2.19. The van der Waals surface area contributed by atoms with Gasteiger partial charge in [-0.1, -0.05) is 23.7 Å². The molecule has 2 rings (SSSR count). The van der Waals surface area contributed by atoms with Gasteiger partial charge in [0.2, 0.25) is 0 Å². The molecule has 0 aromatic heterocycles. The van der Waals surface area contributed by atoms with Gasteiger partial charge >= 0.3 is 6.03 Å². The van der Waals surface area contributed by atoms with Gasteiger partial charge in [0, 0.05) is 6.20 Å². The number of nitrogens with one attached hydrogen (secondary N) is 2. The topological polar surface area (TPSA) is 78.5 Å². The molecule has 1 aromatic rings. The molecular weight excluding hydrogens is 290 g/mol. The van der Waals surface area contributed by atoms with E-state index < -0.39 is 16.1 Å². The molecule has 0 spiro atoms. The number of halogens is 1. The third-order valence-electron chi connectivity index (χ3n) is 2.56. The van der Waals surface area contributed by atoms with E-state index in [1.54, 1.807) is 25.3 Å². The summed E-state index contributed by atoms with van der Waals surface area (Å²) in [7, 11) is -3.99. The van der Waals surface area contributed by atoms with Gasteiger partial charge in [0.15, 0.2) is 0 Å². The van der Waals surface area contributed by atoms with Crippen LogP contribution in [0.15, 0.2) is 41.4 Å². The monoisotopic (exact) mass is 301 g/mol. The van der Waals surface area contributed by atoms with Gasteiger partial charge in [0.05, 0.1) is 11.1 Å². The maximum atomic E-state index is 12.0. The number of sulfonamides is 1. The average molecular weight is 302 g/mol. The van der Waals surface area contributed by atoms with Gasteiger partial charge in [-0.2, -0.15) is 0 Å². The number of carbonyl (C=O) groups is 1. The zero-order chi connectivity index (χ0) is 14.0. The molecule has 6 nitrogen and oxygen atoms in total. The summed E-state index contributed by atoms with van der Waals surface area (Å²) in [6, 6.07) is 4.91. The number of hydrogen-bond acceptors (Lipinski definition) is 4. The van der Waals surface area contributed by atoms with Crippen LogP contribution in [0.4, 0.5) is 4.79 Å². The van der Waals surface area contributed by atoms with Crippen molar-refractivity contribution in [2.45, 2.75) is 17.9 Å². The number of hydrogen-bond donors (Lipinski definition) is 2. The number of nitrogens with zero attached hydrogens (tertiary/aromatic N) is 1. The predicted octanol–water partition coefficient (Wildman–Crippen LogP) is 1.46. The van der Waals surface area contributed by atoms with Crippen molar-refractivity contribution in [2.24, 2.45) is 0 Å². The summed E-state index contributed by atoms with van der Waals surface area (Å²) in [6.45, 7) is 1.75. The maximum Gasteiger partial charge on any atom is 0.350 e. The van der Waals surface area contributed by atoms with Crippen molar-refractivity contribution < 1.29 is 13.2 Å². The van der Waals surface area contributed by atoms with Crippen LogP contribution < -0.4 is 10.1 Å². The molecule has 2 amide bonds. The Morgan fingerprint density at radius 3 is 2.68 bits per heavy atom. The first-order valence-electron chi connectivity index (χ1n) is 5.45. The van der Waals surface area contributed by atoms with E-state index in [9.17, 15) is 13.2 Å². The molecule has 1 aromatic carbocycles. The third-order valence-corrected chi connectivity index (χ3v) is 4.38. The van der Waals surface area contributed by atoms with E-state index in [1.165, 1.54) is 18.2 Å².